The van der Waals surface area contributed by atoms with Crippen molar-refractivity contribution in [2.75, 3.05) is 24.7 Å². The van der Waals surface area contributed by atoms with E-state index in [1.54, 1.807) is 0 Å². The van der Waals surface area contributed by atoms with E-state index < -0.39 is 11.9 Å². The zero-order valence-electron chi connectivity index (χ0n) is 22.2. The number of unbranched alkanes of at least 4 members (excludes halogenated alkanes) is 14. The van der Waals surface area contributed by atoms with Crippen molar-refractivity contribution < 1.29 is 39.5 Å². The van der Waals surface area contributed by atoms with Crippen LogP contribution < -0.4 is 0 Å². The molecule has 0 aliphatic carbocycles. The number of carboxylic acid groups (broad SMARTS) is 2. The van der Waals surface area contributed by atoms with Crippen molar-refractivity contribution in [3.8, 4) is 0 Å². The van der Waals surface area contributed by atoms with Crippen LogP contribution in [0, 0.1) is 0 Å². The third-order valence-electron chi connectivity index (χ3n) is 4.57. The summed E-state index contributed by atoms with van der Waals surface area (Å²) in [5.74, 6) is -2.08. The normalized spacial score (nSPS) is 9.36. The van der Waals surface area contributed by atoms with Gasteiger partial charge in [-0.25, -0.2) is 0 Å². The molecule has 10 heteroatoms. The minimum absolute atomic E-state index is 0.0833. The largest absolute Gasteiger partial charge is 0.481 e. The molecule has 0 saturated heterocycles. The first-order valence-electron chi connectivity index (χ1n) is 12.9. The summed E-state index contributed by atoms with van der Waals surface area (Å²) in [4.78, 5) is 29.7. The molecule has 0 rings (SSSR count). The van der Waals surface area contributed by atoms with Gasteiger partial charge in [0.1, 0.15) is 0 Å². The third kappa shape index (κ3) is 58.5. The van der Waals surface area contributed by atoms with Gasteiger partial charge in [0, 0.05) is 6.42 Å². The Bertz CT molecular complexity index is 461. The molecule has 0 radical (unpaired) electrons. The summed E-state index contributed by atoms with van der Waals surface area (Å²) in [6.07, 6.45) is 21.9. The van der Waals surface area contributed by atoms with Crippen molar-refractivity contribution in [2.24, 2.45) is 0 Å². The maximum atomic E-state index is 11.1. The lowest BCUT2D eigenvalue weighted by Crippen LogP contribution is -1.98. The summed E-state index contributed by atoms with van der Waals surface area (Å²) in [5.41, 5.74) is 0. The topological polar surface area (TPSA) is 141 Å². The molecule has 216 valence electrons. The highest BCUT2D eigenvalue weighted by Crippen LogP contribution is 2.13. The molecule has 0 heterocycles. The van der Waals surface area contributed by atoms with Crippen LogP contribution in [0.5, 0.6) is 0 Å². The quantitative estimate of drug-likeness (QED) is 0.0471. The van der Waals surface area contributed by atoms with Gasteiger partial charge in [0.15, 0.2) is 0 Å². The van der Waals surface area contributed by atoms with E-state index in [1.165, 1.54) is 89.7 Å². The Labute approximate surface area is 229 Å². The molecule has 0 fully saturated rings. The molecule has 8 nitrogen and oxygen atoms in total. The zero-order chi connectivity index (χ0) is 28.3. The second-order valence-electron chi connectivity index (χ2n) is 7.91. The van der Waals surface area contributed by atoms with Crippen molar-refractivity contribution in [3.63, 3.8) is 0 Å². The second-order valence-corrected chi connectivity index (χ2v) is 8.54. The van der Waals surface area contributed by atoms with Gasteiger partial charge in [0.2, 0.25) is 0 Å². The second kappa shape index (κ2) is 40.9. The first-order valence-corrected chi connectivity index (χ1v) is 14.2. The van der Waals surface area contributed by atoms with Gasteiger partial charge in [-0.05, 0) is 6.42 Å². The number of carbonyl (C=O) groups excluding carboxylic acids is 1. The van der Waals surface area contributed by atoms with Crippen LogP contribution >= 0.6 is 25.3 Å². The molecule has 0 saturated carbocycles. The standard InChI is InChI=1S/C20H38O2.2C2H4O2S.C2H6O2/c1-3-5-6-7-8-9-10-11-12-13-14-15-16-17-18-19-20(21)22-4-2;2*3-2(4)1-5;3-1-2-4/h4H,2-3,5-19H2,1H3;2*5H,1H2,(H,3,4);3-4H,1-2H2. The Morgan fingerprint density at radius 1 is 0.667 bits per heavy atom. The van der Waals surface area contributed by atoms with E-state index in [-0.39, 0.29) is 30.7 Å². The van der Waals surface area contributed by atoms with E-state index in [1.807, 2.05) is 0 Å². The Morgan fingerprint density at radius 2 is 0.944 bits per heavy atom. The highest BCUT2D eigenvalue weighted by Gasteiger charge is 2.00. The van der Waals surface area contributed by atoms with Gasteiger partial charge in [-0.15, -0.1) is 0 Å². The minimum atomic E-state index is -0.881. The van der Waals surface area contributed by atoms with Gasteiger partial charge in [-0.3, -0.25) is 14.4 Å². The molecule has 0 aromatic rings. The highest BCUT2D eigenvalue weighted by molar-refractivity contribution is 7.81. The molecular formula is C26H52O8S2. The highest BCUT2D eigenvalue weighted by atomic mass is 32.1. The lowest BCUT2D eigenvalue weighted by Gasteiger charge is -2.03. The summed E-state index contributed by atoms with van der Waals surface area (Å²) < 4.78 is 4.69. The van der Waals surface area contributed by atoms with Crippen molar-refractivity contribution >= 4 is 43.2 Å². The SMILES string of the molecule is C=COC(=O)CCCCCCCCCCCCCCCCC.O=C(O)CS.O=C(O)CS.OCCO. The number of hydrogen-bond donors (Lipinski definition) is 6. The molecule has 0 aliphatic heterocycles. The maximum Gasteiger partial charge on any atom is 0.313 e. The molecule has 0 unspecified atom stereocenters. The van der Waals surface area contributed by atoms with Gasteiger partial charge < -0.3 is 25.2 Å². The van der Waals surface area contributed by atoms with E-state index >= 15 is 0 Å². The third-order valence-corrected chi connectivity index (χ3v) is 5.11. The first kappa shape index (κ1) is 41.9. The summed E-state index contributed by atoms with van der Waals surface area (Å²) in [6.45, 7) is 5.40. The summed E-state index contributed by atoms with van der Waals surface area (Å²) in [6, 6.07) is 0. The van der Waals surface area contributed by atoms with Crippen LogP contribution in [0.2, 0.25) is 0 Å². The van der Waals surface area contributed by atoms with Crippen LogP contribution in [0.3, 0.4) is 0 Å². The van der Waals surface area contributed by atoms with Crippen LogP contribution in [0.25, 0.3) is 0 Å². The lowest BCUT2D eigenvalue weighted by atomic mass is 10.0. The van der Waals surface area contributed by atoms with Crippen LogP contribution in [0.4, 0.5) is 0 Å². The van der Waals surface area contributed by atoms with Crippen LogP contribution in [-0.2, 0) is 19.1 Å². The van der Waals surface area contributed by atoms with Gasteiger partial charge in [-0.2, -0.15) is 25.3 Å². The van der Waals surface area contributed by atoms with Crippen molar-refractivity contribution in [3.05, 3.63) is 12.8 Å². The predicted octanol–water partition coefficient (Wildman–Crippen LogP) is 5.91. The Balaban J connectivity index is -0.000000296. The maximum absolute atomic E-state index is 11.1. The minimum Gasteiger partial charge on any atom is -0.481 e. The van der Waals surface area contributed by atoms with E-state index in [9.17, 15) is 14.4 Å². The van der Waals surface area contributed by atoms with Gasteiger partial charge >= 0.3 is 17.9 Å². The summed E-state index contributed by atoms with van der Waals surface area (Å²) in [5, 5.41) is 30.5. The number of aliphatic hydroxyl groups excluding tert-OH is 2. The van der Waals surface area contributed by atoms with Crippen LogP contribution in [-0.4, -0.2) is 63.1 Å². The molecule has 36 heavy (non-hydrogen) atoms. The van der Waals surface area contributed by atoms with Gasteiger partial charge in [-0.1, -0.05) is 103 Å². The number of hydrogen-bond acceptors (Lipinski definition) is 8. The Morgan fingerprint density at radius 3 is 1.17 bits per heavy atom. The number of aliphatic hydroxyl groups is 2. The molecule has 4 N–H and O–H groups in total. The Hall–Kier alpha value is -1.23. The molecule has 0 atom stereocenters. The number of carbonyl (C=O) groups is 3. The molecule has 0 amide bonds. The number of esters is 1. The molecule has 0 aromatic carbocycles. The van der Waals surface area contributed by atoms with Gasteiger partial charge in [0.25, 0.3) is 0 Å². The number of thiol groups is 2. The van der Waals surface area contributed by atoms with E-state index in [2.05, 4.69) is 43.5 Å². The van der Waals surface area contributed by atoms with E-state index in [0.717, 1.165) is 12.8 Å². The molecule has 0 aliphatic rings. The lowest BCUT2D eigenvalue weighted by molar-refractivity contribution is -0.138. The molecule has 0 aromatic heterocycles. The van der Waals surface area contributed by atoms with Gasteiger partial charge in [0.05, 0.1) is 31.0 Å². The fraction of sp³-hybridized carbons (Fsp3) is 0.808. The fourth-order valence-electron chi connectivity index (χ4n) is 2.79. The summed E-state index contributed by atoms with van der Waals surface area (Å²) >= 11 is 6.83. The summed E-state index contributed by atoms with van der Waals surface area (Å²) in [7, 11) is 0. The average Bonchev–Trinajstić information content (AvgIpc) is 2.87. The van der Waals surface area contributed by atoms with Crippen LogP contribution in [0.15, 0.2) is 12.8 Å². The zero-order valence-corrected chi connectivity index (χ0v) is 24.0. The molecular weight excluding hydrogens is 504 g/mol. The molecule has 0 spiro atoms. The Kier molecular flexibility index (Phi) is 47.6. The number of rotatable bonds is 20. The van der Waals surface area contributed by atoms with Crippen LogP contribution in [0.1, 0.15) is 110 Å². The monoisotopic (exact) mass is 556 g/mol. The van der Waals surface area contributed by atoms with Crippen molar-refractivity contribution in [1.29, 1.82) is 0 Å². The van der Waals surface area contributed by atoms with Crippen molar-refractivity contribution in [1.82, 2.24) is 0 Å². The molecule has 0 bridgehead atoms. The first-order chi connectivity index (χ1) is 17.3. The smallest absolute Gasteiger partial charge is 0.313 e. The van der Waals surface area contributed by atoms with Crippen molar-refractivity contribution in [2.45, 2.75) is 110 Å². The number of aliphatic carboxylic acids is 2. The predicted molar refractivity (Wildman–Crippen MR) is 153 cm³/mol. The fourth-order valence-corrected chi connectivity index (χ4v) is 2.79. The number of ether oxygens (including phenoxy) is 1. The van der Waals surface area contributed by atoms with E-state index in [4.69, 9.17) is 20.4 Å². The number of carboxylic acids is 2. The van der Waals surface area contributed by atoms with E-state index in [0.29, 0.717) is 6.42 Å². The average molecular weight is 557 g/mol.